The Bertz CT molecular complexity index is 272. The van der Waals surface area contributed by atoms with Crippen LogP contribution >= 0.6 is 0 Å². The third kappa shape index (κ3) is 2.82. The summed E-state index contributed by atoms with van der Waals surface area (Å²) in [5.41, 5.74) is 0. The molecule has 0 spiro atoms. The molecule has 0 aromatic heterocycles. The van der Waals surface area contributed by atoms with E-state index in [0.29, 0.717) is 12.2 Å². The molecule has 16 heavy (non-hydrogen) atoms. The zero-order valence-corrected chi connectivity index (χ0v) is 9.71. The first kappa shape index (κ1) is 11.6. The molecule has 1 saturated heterocycles. The number of ketones is 1. The van der Waals surface area contributed by atoms with Crippen molar-refractivity contribution in [3.8, 4) is 0 Å². The largest absolute Gasteiger partial charge is 0.340 e. The van der Waals surface area contributed by atoms with Crippen molar-refractivity contribution in [2.45, 2.75) is 32.1 Å². The SMILES string of the molecule is O=C1CCCC1CCC(=O)N1CCNCC1. The van der Waals surface area contributed by atoms with Crippen LogP contribution in [0.15, 0.2) is 0 Å². The first-order valence-corrected chi connectivity index (χ1v) is 6.28. The molecule has 2 fully saturated rings. The van der Waals surface area contributed by atoms with Gasteiger partial charge < -0.3 is 10.2 Å². The van der Waals surface area contributed by atoms with E-state index in [1.165, 1.54) is 0 Å². The smallest absolute Gasteiger partial charge is 0.222 e. The van der Waals surface area contributed by atoms with Crippen molar-refractivity contribution in [1.82, 2.24) is 10.2 Å². The second-order valence-corrected chi connectivity index (χ2v) is 4.72. The number of piperazine rings is 1. The Kier molecular flexibility index (Phi) is 3.93. The normalized spacial score (nSPS) is 26.1. The number of carbonyl (C=O) groups excluding carboxylic acids is 2. The van der Waals surface area contributed by atoms with Gasteiger partial charge in [0, 0.05) is 44.9 Å². The molecule has 1 aliphatic heterocycles. The molecular formula is C12H20N2O2. The Hall–Kier alpha value is -0.900. The van der Waals surface area contributed by atoms with Crippen LogP contribution in [-0.2, 0) is 9.59 Å². The number of hydrogen-bond donors (Lipinski definition) is 1. The van der Waals surface area contributed by atoms with Gasteiger partial charge in [0.2, 0.25) is 5.91 Å². The van der Waals surface area contributed by atoms with Crippen LogP contribution in [0, 0.1) is 5.92 Å². The predicted molar refractivity (Wildman–Crippen MR) is 61.0 cm³/mol. The van der Waals surface area contributed by atoms with Gasteiger partial charge in [-0.25, -0.2) is 0 Å². The van der Waals surface area contributed by atoms with Gasteiger partial charge in [0.25, 0.3) is 0 Å². The molecular weight excluding hydrogens is 204 g/mol. The van der Waals surface area contributed by atoms with Crippen LogP contribution in [0.5, 0.6) is 0 Å². The second kappa shape index (κ2) is 5.43. The highest BCUT2D eigenvalue weighted by Gasteiger charge is 2.25. The number of amides is 1. The van der Waals surface area contributed by atoms with Gasteiger partial charge in [-0.1, -0.05) is 0 Å². The molecule has 0 aromatic carbocycles. The highest BCUT2D eigenvalue weighted by atomic mass is 16.2. The minimum Gasteiger partial charge on any atom is -0.340 e. The second-order valence-electron chi connectivity index (χ2n) is 4.72. The highest BCUT2D eigenvalue weighted by Crippen LogP contribution is 2.25. The Morgan fingerprint density at radius 1 is 1.38 bits per heavy atom. The molecule has 4 nitrogen and oxygen atoms in total. The topological polar surface area (TPSA) is 49.4 Å². The molecule has 4 heteroatoms. The van der Waals surface area contributed by atoms with Crippen LogP contribution < -0.4 is 5.32 Å². The molecule has 0 aromatic rings. The summed E-state index contributed by atoms with van der Waals surface area (Å²) in [7, 11) is 0. The van der Waals surface area contributed by atoms with Crippen molar-refractivity contribution in [1.29, 1.82) is 0 Å². The van der Waals surface area contributed by atoms with Gasteiger partial charge in [0.15, 0.2) is 0 Å². The van der Waals surface area contributed by atoms with Crippen molar-refractivity contribution in [3.63, 3.8) is 0 Å². The molecule has 1 amide bonds. The van der Waals surface area contributed by atoms with Crippen LogP contribution in [0.25, 0.3) is 0 Å². The molecule has 1 unspecified atom stereocenters. The third-order valence-corrected chi connectivity index (χ3v) is 3.61. The molecule has 1 N–H and O–H groups in total. The van der Waals surface area contributed by atoms with Crippen molar-refractivity contribution in [3.05, 3.63) is 0 Å². The van der Waals surface area contributed by atoms with E-state index in [-0.39, 0.29) is 11.8 Å². The van der Waals surface area contributed by atoms with Gasteiger partial charge in [-0.3, -0.25) is 9.59 Å². The molecule has 1 aliphatic carbocycles. The van der Waals surface area contributed by atoms with E-state index in [9.17, 15) is 9.59 Å². The monoisotopic (exact) mass is 224 g/mol. The minimum absolute atomic E-state index is 0.173. The average Bonchev–Trinajstić information content (AvgIpc) is 2.73. The standard InChI is InChI=1S/C12H20N2O2/c15-11-3-1-2-10(11)4-5-12(16)14-8-6-13-7-9-14/h10,13H,1-9H2. The lowest BCUT2D eigenvalue weighted by molar-refractivity contribution is -0.132. The summed E-state index contributed by atoms with van der Waals surface area (Å²) in [6, 6.07) is 0. The van der Waals surface area contributed by atoms with E-state index >= 15 is 0 Å². The van der Waals surface area contributed by atoms with Crippen molar-refractivity contribution in [2.24, 2.45) is 5.92 Å². The lowest BCUT2D eigenvalue weighted by atomic mass is 10.0. The highest BCUT2D eigenvalue weighted by molar-refractivity contribution is 5.84. The quantitative estimate of drug-likeness (QED) is 0.762. The summed E-state index contributed by atoms with van der Waals surface area (Å²) in [6.45, 7) is 3.43. The number of nitrogens with zero attached hydrogens (tertiary/aromatic N) is 1. The minimum atomic E-state index is 0.173. The number of hydrogen-bond acceptors (Lipinski definition) is 3. The molecule has 1 atom stereocenters. The fraction of sp³-hybridized carbons (Fsp3) is 0.833. The van der Waals surface area contributed by atoms with E-state index in [4.69, 9.17) is 0 Å². The predicted octanol–water partition coefficient (Wildman–Crippen LogP) is 0.568. The van der Waals surface area contributed by atoms with Gasteiger partial charge in [-0.2, -0.15) is 0 Å². The summed E-state index contributed by atoms with van der Waals surface area (Å²) in [6.07, 6.45) is 4.06. The molecule has 1 heterocycles. The zero-order valence-electron chi connectivity index (χ0n) is 9.71. The van der Waals surface area contributed by atoms with Gasteiger partial charge >= 0.3 is 0 Å². The average molecular weight is 224 g/mol. The van der Waals surface area contributed by atoms with E-state index < -0.39 is 0 Å². The third-order valence-electron chi connectivity index (χ3n) is 3.61. The van der Waals surface area contributed by atoms with Crippen molar-refractivity contribution < 1.29 is 9.59 Å². The van der Waals surface area contributed by atoms with Crippen LogP contribution in [0.2, 0.25) is 0 Å². The Morgan fingerprint density at radius 3 is 2.75 bits per heavy atom. The number of carbonyl (C=O) groups is 2. The van der Waals surface area contributed by atoms with Crippen LogP contribution in [0.4, 0.5) is 0 Å². The van der Waals surface area contributed by atoms with Gasteiger partial charge in [-0.05, 0) is 19.3 Å². The maximum atomic E-state index is 11.8. The molecule has 1 saturated carbocycles. The van der Waals surface area contributed by atoms with E-state index in [2.05, 4.69) is 5.32 Å². The van der Waals surface area contributed by atoms with Crippen LogP contribution in [0.1, 0.15) is 32.1 Å². The Morgan fingerprint density at radius 2 is 2.12 bits per heavy atom. The molecule has 2 aliphatic rings. The first-order valence-electron chi connectivity index (χ1n) is 6.28. The first-order chi connectivity index (χ1) is 7.77. The molecule has 0 radical (unpaired) electrons. The van der Waals surface area contributed by atoms with E-state index in [1.54, 1.807) is 0 Å². The summed E-state index contributed by atoms with van der Waals surface area (Å²) in [5.74, 6) is 0.765. The van der Waals surface area contributed by atoms with Gasteiger partial charge in [0.05, 0.1) is 0 Å². The van der Waals surface area contributed by atoms with Gasteiger partial charge in [0.1, 0.15) is 5.78 Å². The number of Topliss-reactive ketones (excluding diaryl/α,β-unsaturated/α-hetero) is 1. The Balaban J connectivity index is 1.72. The summed E-state index contributed by atoms with van der Waals surface area (Å²) >= 11 is 0. The summed E-state index contributed by atoms with van der Waals surface area (Å²) < 4.78 is 0. The zero-order chi connectivity index (χ0) is 11.4. The number of nitrogens with one attached hydrogen (secondary N) is 1. The summed E-state index contributed by atoms with van der Waals surface area (Å²) in [5, 5.41) is 3.23. The maximum absolute atomic E-state index is 11.8. The fourth-order valence-electron chi connectivity index (χ4n) is 2.56. The van der Waals surface area contributed by atoms with Gasteiger partial charge in [-0.15, -0.1) is 0 Å². The fourth-order valence-corrected chi connectivity index (χ4v) is 2.56. The maximum Gasteiger partial charge on any atom is 0.222 e. The van der Waals surface area contributed by atoms with Crippen molar-refractivity contribution >= 4 is 11.7 Å². The molecule has 0 bridgehead atoms. The van der Waals surface area contributed by atoms with E-state index in [0.717, 1.165) is 51.9 Å². The van der Waals surface area contributed by atoms with Crippen molar-refractivity contribution in [2.75, 3.05) is 26.2 Å². The number of rotatable bonds is 3. The van der Waals surface area contributed by atoms with Crippen LogP contribution in [-0.4, -0.2) is 42.8 Å². The van der Waals surface area contributed by atoms with Crippen LogP contribution in [0.3, 0.4) is 0 Å². The lowest BCUT2D eigenvalue weighted by Crippen LogP contribution is -2.46. The molecule has 90 valence electrons. The lowest BCUT2D eigenvalue weighted by Gasteiger charge is -2.27. The molecule has 2 rings (SSSR count). The van der Waals surface area contributed by atoms with E-state index in [1.807, 2.05) is 4.90 Å². The summed E-state index contributed by atoms with van der Waals surface area (Å²) in [4.78, 5) is 25.2. The Labute approximate surface area is 96.4 Å².